The Morgan fingerprint density at radius 1 is 1.00 bits per heavy atom. The van der Waals surface area contributed by atoms with Crippen molar-refractivity contribution in [3.63, 3.8) is 0 Å². The number of Topliss-reactive ketones (excluding diaryl/α,β-unsaturated/α-hetero) is 1. The van der Waals surface area contributed by atoms with Crippen LogP contribution in [0.25, 0.3) is 10.8 Å². The van der Waals surface area contributed by atoms with Gasteiger partial charge in [0.15, 0.2) is 10.1 Å². The molecule has 1 amide bonds. The number of carbonyl (C=O) groups is 2. The molecule has 2 aromatic heterocycles. The number of rotatable bonds is 7. The number of hydrogen-bond acceptors (Lipinski definition) is 6. The quantitative estimate of drug-likeness (QED) is 0.314. The van der Waals surface area contributed by atoms with Crippen LogP contribution in [0.2, 0.25) is 0 Å². The van der Waals surface area contributed by atoms with E-state index in [1.165, 1.54) is 34.4 Å². The Bertz CT molecular complexity index is 1110. The summed E-state index contributed by atoms with van der Waals surface area (Å²) in [5.41, 5.74) is 1.52. The molecule has 7 heteroatoms. The SMILES string of the molecule is O=C(Cc1csc(SCC(=O)c2cccs2)n1)Nc1cccc2ccccc12. The zero-order valence-corrected chi connectivity index (χ0v) is 17.2. The highest BCUT2D eigenvalue weighted by Gasteiger charge is 2.12. The van der Waals surface area contributed by atoms with Crippen LogP contribution < -0.4 is 5.32 Å². The number of fused-ring (bicyclic) bond motifs is 1. The molecule has 0 aliphatic carbocycles. The number of ketones is 1. The lowest BCUT2D eigenvalue weighted by atomic mass is 10.1. The first-order valence-corrected chi connectivity index (χ1v) is 11.3. The molecule has 0 aliphatic heterocycles. The van der Waals surface area contributed by atoms with Crippen LogP contribution in [0.4, 0.5) is 5.69 Å². The molecule has 2 heterocycles. The topological polar surface area (TPSA) is 59.1 Å². The van der Waals surface area contributed by atoms with Gasteiger partial charge in [-0.2, -0.15) is 0 Å². The number of hydrogen-bond donors (Lipinski definition) is 1. The van der Waals surface area contributed by atoms with Crippen LogP contribution in [0.5, 0.6) is 0 Å². The van der Waals surface area contributed by atoms with E-state index in [9.17, 15) is 9.59 Å². The molecule has 0 spiro atoms. The normalized spacial score (nSPS) is 10.9. The lowest BCUT2D eigenvalue weighted by Crippen LogP contribution is -2.14. The van der Waals surface area contributed by atoms with Gasteiger partial charge in [0.05, 0.1) is 22.7 Å². The zero-order valence-electron chi connectivity index (χ0n) is 14.8. The maximum Gasteiger partial charge on any atom is 0.230 e. The highest BCUT2D eigenvalue weighted by molar-refractivity contribution is 8.01. The van der Waals surface area contributed by atoms with Gasteiger partial charge in [-0.3, -0.25) is 9.59 Å². The van der Waals surface area contributed by atoms with Crippen LogP contribution >= 0.6 is 34.4 Å². The molecule has 4 aromatic rings. The second kappa shape index (κ2) is 8.68. The fourth-order valence-electron chi connectivity index (χ4n) is 2.76. The molecule has 140 valence electrons. The number of anilines is 1. The fourth-order valence-corrected chi connectivity index (χ4v) is 5.25. The van der Waals surface area contributed by atoms with E-state index >= 15 is 0 Å². The minimum Gasteiger partial charge on any atom is -0.325 e. The second-order valence-electron chi connectivity index (χ2n) is 6.05. The summed E-state index contributed by atoms with van der Waals surface area (Å²) in [4.78, 5) is 29.8. The van der Waals surface area contributed by atoms with E-state index in [0.29, 0.717) is 11.4 Å². The molecule has 0 saturated carbocycles. The Morgan fingerprint density at radius 3 is 2.71 bits per heavy atom. The Labute approximate surface area is 174 Å². The highest BCUT2D eigenvalue weighted by atomic mass is 32.2. The number of amides is 1. The average molecular weight is 425 g/mol. The first kappa shape index (κ1) is 18.9. The van der Waals surface area contributed by atoms with Gasteiger partial charge in [0, 0.05) is 16.5 Å². The number of nitrogens with zero attached hydrogens (tertiary/aromatic N) is 1. The Morgan fingerprint density at radius 2 is 1.86 bits per heavy atom. The van der Waals surface area contributed by atoms with Gasteiger partial charge in [-0.15, -0.1) is 22.7 Å². The zero-order chi connectivity index (χ0) is 19.3. The third kappa shape index (κ3) is 4.49. The van der Waals surface area contributed by atoms with Gasteiger partial charge in [-0.05, 0) is 22.9 Å². The molecule has 0 bridgehead atoms. The maximum absolute atomic E-state index is 12.5. The van der Waals surface area contributed by atoms with Crippen molar-refractivity contribution in [2.45, 2.75) is 10.8 Å². The Hall–Kier alpha value is -2.48. The lowest BCUT2D eigenvalue weighted by molar-refractivity contribution is -0.115. The minimum absolute atomic E-state index is 0.102. The van der Waals surface area contributed by atoms with Crippen molar-refractivity contribution in [2.75, 3.05) is 11.1 Å². The van der Waals surface area contributed by atoms with Crippen LogP contribution in [0, 0.1) is 0 Å². The number of thioether (sulfide) groups is 1. The molecule has 28 heavy (non-hydrogen) atoms. The summed E-state index contributed by atoms with van der Waals surface area (Å²) in [6, 6.07) is 17.5. The standard InChI is InChI=1S/C21H16N2O2S3/c24-18(19-9-4-10-26-19)13-28-21-22-15(12-27-21)11-20(25)23-17-8-3-6-14-5-1-2-7-16(14)17/h1-10,12H,11,13H2,(H,23,25). The van der Waals surface area contributed by atoms with Crippen molar-refractivity contribution in [1.29, 1.82) is 0 Å². The van der Waals surface area contributed by atoms with Gasteiger partial charge in [0.25, 0.3) is 0 Å². The van der Waals surface area contributed by atoms with Crippen LogP contribution in [0.1, 0.15) is 15.4 Å². The lowest BCUT2D eigenvalue weighted by Gasteiger charge is -2.08. The molecule has 0 aliphatic rings. The monoisotopic (exact) mass is 424 g/mol. The van der Waals surface area contributed by atoms with Crippen LogP contribution in [-0.2, 0) is 11.2 Å². The van der Waals surface area contributed by atoms with E-state index in [1.807, 2.05) is 65.4 Å². The molecule has 0 saturated heterocycles. The average Bonchev–Trinajstić information content (AvgIpc) is 3.39. The van der Waals surface area contributed by atoms with Gasteiger partial charge in [0.2, 0.25) is 5.91 Å². The molecule has 0 radical (unpaired) electrons. The Kier molecular flexibility index (Phi) is 5.85. The van der Waals surface area contributed by atoms with Crippen molar-refractivity contribution in [3.8, 4) is 0 Å². The molecular weight excluding hydrogens is 408 g/mol. The molecule has 0 fully saturated rings. The van der Waals surface area contributed by atoms with Crippen LogP contribution in [-0.4, -0.2) is 22.4 Å². The summed E-state index contributed by atoms with van der Waals surface area (Å²) in [6.07, 6.45) is 0.207. The summed E-state index contributed by atoms with van der Waals surface area (Å²) < 4.78 is 0.804. The number of aromatic nitrogens is 1. The van der Waals surface area contributed by atoms with Gasteiger partial charge < -0.3 is 5.32 Å². The van der Waals surface area contributed by atoms with Crippen molar-refractivity contribution in [3.05, 3.63) is 75.9 Å². The molecule has 1 N–H and O–H groups in total. The maximum atomic E-state index is 12.5. The van der Waals surface area contributed by atoms with Crippen molar-refractivity contribution in [1.82, 2.24) is 4.98 Å². The number of benzene rings is 2. The third-order valence-electron chi connectivity index (χ3n) is 4.06. The van der Waals surface area contributed by atoms with E-state index in [2.05, 4.69) is 10.3 Å². The molecule has 4 rings (SSSR count). The van der Waals surface area contributed by atoms with Gasteiger partial charge in [-0.1, -0.05) is 54.2 Å². The molecule has 2 aromatic carbocycles. The van der Waals surface area contributed by atoms with Gasteiger partial charge in [0.1, 0.15) is 0 Å². The van der Waals surface area contributed by atoms with E-state index in [0.717, 1.165) is 25.7 Å². The molecule has 4 nitrogen and oxygen atoms in total. The molecular formula is C21H16N2O2S3. The summed E-state index contributed by atoms with van der Waals surface area (Å²) >= 11 is 4.32. The van der Waals surface area contributed by atoms with Crippen LogP contribution in [0.15, 0.2) is 69.7 Å². The van der Waals surface area contributed by atoms with Crippen molar-refractivity contribution < 1.29 is 9.59 Å². The van der Waals surface area contributed by atoms with Crippen LogP contribution in [0.3, 0.4) is 0 Å². The van der Waals surface area contributed by atoms with Gasteiger partial charge in [-0.25, -0.2) is 4.98 Å². The van der Waals surface area contributed by atoms with Gasteiger partial charge >= 0.3 is 0 Å². The first-order chi connectivity index (χ1) is 13.7. The summed E-state index contributed by atoms with van der Waals surface area (Å²) in [6.45, 7) is 0. The van der Waals surface area contributed by atoms with E-state index in [-0.39, 0.29) is 18.1 Å². The summed E-state index contributed by atoms with van der Waals surface area (Å²) in [5, 5.41) is 8.85. The first-order valence-electron chi connectivity index (χ1n) is 8.60. The predicted molar refractivity (Wildman–Crippen MR) is 118 cm³/mol. The smallest absolute Gasteiger partial charge is 0.230 e. The predicted octanol–water partition coefficient (Wildman–Crippen LogP) is 5.51. The largest absolute Gasteiger partial charge is 0.325 e. The number of nitrogens with one attached hydrogen (secondary N) is 1. The fraction of sp³-hybridized carbons (Fsp3) is 0.0952. The van der Waals surface area contributed by atoms with Crippen molar-refractivity contribution >= 4 is 62.6 Å². The summed E-state index contributed by atoms with van der Waals surface area (Å²) in [7, 11) is 0. The van der Waals surface area contributed by atoms with E-state index in [4.69, 9.17) is 0 Å². The highest BCUT2D eigenvalue weighted by Crippen LogP contribution is 2.26. The Balaban J connectivity index is 1.35. The van der Waals surface area contributed by atoms with Crippen molar-refractivity contribution in [2.24, 2.45) is 0 Å². The molecule has 0 atom stereocenters. The molecule has 0 unspecified atom stereocenters. The number of carbonyl (C=O) groups excluding carboxylic acids is 2. The summed E-state index contributed by atoms with van der Waals surface area (Å²) in [5.74, 6) is 0.355. The second-order valence-corrected chi connectivity index (χ2v) is 9.07. The number of thiophene rings is 1. The number of thiazole rings is 1. The van der Waals surface area contributed by atoms with E-state index < -0.39 is 0 Å². The third-order valence-corrected chi connectivity index (χ3v) is 7.04. The minimum atomic E-state index is -0.104. The van der Waals surface area contributed by atoms with E-state index in [1.54, 1.807) is 0 Å².